The van der Waals surface area contributed by atoms with E-state index in [0.717, 1.165) is 55.9 Å². The normalized spacial score (nSPS) is 17.5. The van der Waals surface area contributed by atoms with E-state index in [1.807, 2.05) is 13.1 Å². The molecule has 0 atom stereocenters. The molecule has 0 amide bonds. The van der Waals surface area contributed by atoms with Crippen molar-refractivity contribution >= 4 is 29.9 Å². The summed E-state index contributed by atoms with van der Waals surface area (Å²) in [5.74, 6) is 3.20. The van der Waals surface area contributed by atoms with Gasteiger partial charge < -0.3 is 24.8 Å². The van der Waals surface area contributed by atoms with Gasteiger partial charge in [-0.1, -0.05) is 6.07 Å². The molecule has 0 aliphatic carbocycles. The molecule has 2 aromatic rings. The lowest BCUT2D eigenvalue weighted by atomic mass is 9.74. The minimum absolute atomic E-state index is 0. The topological polar surface area (TPSA) is 94.8 Å². The molecule has 1 saturated heterocycles. The number of aryl methyl sites for hydroxylation is 1. The molecule has 1 aromatic heterocycles. The Balaban J connectivity index is 0.00000240. The molecule has 0 bridgehead atoms. The van der Waals surface area contributed by atoms with Crippen LogP contribution in [0.3, 0.4) is 0 Å². The van der Waals surface area contributed by atoms with E-state index in [2.05, 4.69) is 37.8 Å². The number of nitrogens with zero attached hydrogens (tertiary/aromatic N) is 4. The van der Waals surface area contributed by atoms with Crippen molar-refractivity contribution in [1.82, 2.24) is 25.4 Å². The smallest absolute Gasteiger partial charge is 0.231 e. The molecule has 0 radical (unpaired) electrons. The van der Waals surface area contributed by atoms with Gasteiger partial charge >= 0.3 is 0 Å². The lowest BCUT2D eigenvalue weighted by Crippen LogP contribution is -2.48. The first-order valence-corrected chi connectivity index (χ1v) is 9.45. The van der Waals surface area contributed by atoms with E-state index in [-0.39, 0.29) is 36.2 Å². The highest BCUT2D eigenvalue weighted by atomic mass is 127. The molecule has 3 heterocycles. The second-order valence-corrected chi connectivity index (χ2v) is 7.04. The van der Waals surface area contributed by atoms with Crippen molar-refractivity contribution < 1.29 is 14.2 Å². The van der Waals surface area contributed by atoms with Gasteiger partial charge in [-0.2, -0.15) is 5.10 Å². The molecule has 29 heavy (non-hydrogen) atoms. The second-order valence-electron chi connectivity index (χ2n) is 7.04. The summed E-state index contributed by atoms with van der Waals surface area (Å²) in [7, 11) is 3.64. The maximum atomic E-state index is 5.63. The van der Waals surface area contributed by atoms with Crippen molar-refractivity contribution in [3.63, 3.8) is 0 Å². The predicted molar refractivity (Wildman–Crippen MR) is 119 cm³/mol. The van der Waals surface area contributed by atoms with E-state index in [1.165, 1.54) is 5.56 Å². The number of rotatable bonds is 5. The van der Waals surface area contributed by atoms with Crippen molar-refractivity contribution in [2.24, 2.45) is 12.0 Å². The zero-order chi connectivity index (χ0) is 19.4. The van der Waals surface area contributed by atoms with Crippen LogP contribution >= 0.6 is 24.0 Å². The maximum absolute atomic E-state index is 5.63. The summed E-state index contributed by atoms with van der Waals surface area (Å²) in [5, 5.41) is 10.9. The summed E-state index contributed by atoms with van der Waals surface area (Å²) in [6, 6.07) is 6.23. The molecule has 0 saturated carbocycles. The first kappa shape index (κ1) is 21.6. The number of guanidine groups is 1. The van der Waals surface area contributed by atoms with Crippen LogP contribution in [0.15, 0.2) is 29.5 Å². The monoisotopic (exact) mass is 514 g/mol. The van der Waals surface area contributed by atoms with Crippen molar-refractivity contribution in [1.29, 1.82) is 0 Å². The van der Waals surface area contributed by atoms with E-state index in [9.17, 15) is 0 Å². The van der Waals surface area contributed by atoms with Gasteiger partial charge in [0.2, 0.25) is 6.79 Å². The standard InChI is InChI=1S/C19H26N6O3.HI/c1-20-18(21-10-17-23-12-24-25(17)2)22-11-19(5-7-26-8-6-19)14-3-4-15-16(9-14)28-13-27-15;/h3-4,9,12H,5-8,10-11,13H2,1-2H3,(H2,20,21,22);1H. The summed E-state index contributed by atoms with van der Waals surface area (Å²) in [6.07, 6.45) is 3.41. The fourth-order valence-corrected chi connectivity index (χ4v) is 3.67. The summed E-state index contributed by atoms with van der Waals surface area (Å²) in [5.41, 5.74) is 1.18. The van der Waals surface area contributed by atoms with Crippen LogP contribution in [-0.2, 0) is 23.7 Å². The third-order valence-electron chi connectivity index (χ3n) is 5.47. The number of hydrogen-bond donors (Lipinski definition) is 2. The van der Waals surface area contributed by atoms with Crippen molar-refractivity contribution in [2.75, 3.05) is 33.6 Å². The fraction of sp³-hybridized carbons (Fsp3) is 0.526. The Morgan fingerprint density at radius 3 is 2.72 bits per heavy atom. The molecule has 158 valence electrons. The largest absolute Gasteiger partial charge is 0.454 e. The quantitative estimate of drug-likeness (QED) is 0.356. The van der Waals surface area contributed by atoms with Gasteiger partial charge in [0.1, 0.15) is 12.2 Å². The average molecular weight is 514 g/mol. The van der Waals surface area contributed by atoms with Crippen LogP contribution in [0, 0.1) is 0 Å². The predicted octanol–water partition coefficient (Wildman–Crippen LogP) is 1.58. The minimum Gasteiger partial charge on any atom is -0.454 e. The first-order chi connectivity index (χ1) is 13.7. The van der Waals surface area contributed by atoms with Crippen LogP contribution in [0.25, 0.3) is 0 Å². The number of hydrogen-bond acceptors (Lipinski definition) is 6. The van der Waals surface area contributed by atoms with Crippen LogP contribution in [-0.4, -0.2) is 54.3 Å². The summed E-state index contributed by atoms with van der Waals surface area (Å²) in [6.45, 7) is 3.05. The van der Waals surface area contributed by atoms with E-state index >= 15 is 0 Å². The van der Waals surface area contributed by atoms with Crippen LogP contribution in [0.4, 0.5) is 0 Å². The third-order valence-corrected chi connectivity index (χ3v) is 5.47. The summed E-state index contributed by atoms with van der Waals surface area (Å²) >= 11 is 0. The first-order valence-electron chi connectivity index (χ1n) is 9.45. The average Bonchev–Trinajstić information content (AvgIpc) is 3.37. The molecule has 2 aliphatic heterocycles. The van der Waals surface area contributed by atoms with Crippen LogP contribution in [0.2, 0.25) is 0 Å². The second kappa shape index (κ2) is 9.61. The SMILES string of the molecule is CN=C(NCc1ncnn1C)NCC1(c2ccc3c(c2)OCO3)CCOCC1.I. The summed E-state index contributed by atoms with van der Waals surface area (Å²) < 4.78 is 18.4. The third kappa shape index (κ3) is 4.74. The lowest BCUT2D eigenvalue weighted by Gasteiger charge is -2.38. The van der Waals surface area contributed by atoms with Gasteiger partial charge in [-0.3, -0.25) is 9.67 Å². The lowest BCUT2D eigenvalue weighted by molar-refractivity contribution is 0.0513. The Kier molecular flexibility index (Phi) is 7.17. The number of benzene rings is 1. The molecular weight excluding hydrogens is 487 g/mol. The molecule has 0 spiro atoms. The Morgan fingerprint density at radius 1 is 1.21 bits per heavy atom. The number of aromatic nitrogens is 3. The molecule has 4 rings (SSSR count). The molecule has 2 aliphatic rings. The zero-order valence-corrected chi connectivity index (χ0v) is 19.0. The number of halogens is 1. The van der Waals surface area contributed by atoms with E-state index in [1.54, 1.807) is 18.1 Å². The molecule has 1 fully saturated rings. The molecule has 1 aromatic carbocycles. The van der Waals surface area contributed by atoms with Crippen molar-refractivity contribution in [3.8, 4) is 11.5 Å². The highest BCUT2D eigenvalue weighted by Gasteiger charge is 2.35. The van der Waals surface area contributed by atoms with Gasteiger partial charge in [0.25, 0.3) is 0 Å². The van der Waals surface area contributed by atoms with E-state index < -0.39 is 0 Å². The fourth-order valence-electron chi connectivity index (χ4n) is 3.67. The van der Waals surface area contributed by atoms with Crippen molar-refractivity contribution in [3.05, 3.63) is 35.9 Å². The van der Waals surface area contributed by atoms with E-state index in [4.69, 9.17) is 14.2 Å². The van der Waals surface area contributed by atoms with Gasteiger partial charge in [-0.15, -0.1) is 24.0 Å². The van der Waals surface area contributed by atoms with Gasteiger partial charge in [-0.05, 0) is 30.5 Å². The van der Waals surface area contributed by atoms with Crippen LogP contribution in [0.5, 0.6) is 11.5 Å². The maximum Gasteiger partial charge on any atom is 0.231 e. The molecule has 9 nitrogen and oxygen atoms in total. The summed E-state index contributed by atoms with van der Waals surface area (Å²) in [4.78, 5) is 8.58. The molecule has 0 unspecified atom stereocenters. The Labute approximate surface area is 187 Å². The number of fused-ring (bicyclic) bond motifs is 1. The zero-order valence-electron chi connectivity index (χ0n) is 16.7. The Bertz CT molecular complexity index is 850. The highest BCUT2D eigenvalue weighted by molar-refractivity contribution is 14.0. The number of nitrogens with one attached hydrogen (secondary N) is 2. The van der Waals surface area contributed by atoms with Gasteiger partial charge in [0, 0.05) is 39.3 Å². The van der Waals surface area contributed by atoms with Crippen LogP contribution in [0.1, 0.15) is 24.2 Å². The minimum atomic E-state index is -0.0539. The van der Waals surface area contributed by atoms with Crippen LogP contribution < -0.4 is 20.1 Å². The Morgan fingerprint density at radius 2 is 2.00 bits per heavy atom. The number of ether oxygens (including phenoxy) is 3. The van der Waals surface area contributed by atoms with Crippen molar-refractivity contribution in [2.45, 2.75) is 24.8 Å². The van der Waals surface area contributed by atoms with E-state index in [0.29, 0.717) is 6.54 Å². The Hall–Kier alpha value is -2.08. The van der Waals surface area contributed by atoms with Gasteiger partial charge in [0.15, 0.2) is 17.5 Å². The van der Waals surface area contributed by atoms with Gasteiger partial charge in [0.05, 0.1) is 6.54 Å². The number of aliphatic imine (C=N–C) groups is 1. The highest BCUT2D eigenvalue weighted by Crippen LogP contribution is 2.40. The molecular formula is C19H27IN6O3. The molecule has 10 heteroatoms. The molecule has 2 N–H and O–H groups in total. The van der Waals surface area contributed by atoms with Gasteiger partial charge in [-0.25, -0.2) is 4.98 Å².